The molecular weight excluding hydrogens is 254 g/mol. The molecule has 1 heterocycles. The van der Waals surface area contributed by atoms with Gasteiger partial charge in [0.25, 0.3) is 0 Å². The molecule has 0 amide bonds. The van der Waals surface area contributed by atoms with E-state index in [0.29, 0.717) is 6.04 Å². The first-order chi connectivity index (χ1) is 7.35. The lowest BCUT2D eigenvalue weighted by Crippen LogP contribution is -2.23. The second-order valence-corrected chi connectivity index (χ2v) is 4.90. The van der Waals surface area contributed by atoms with Crippen molar-refractivity contribution in [1.29, 1.82) is 0 Å². The Morgan fingerprint density at radius 2 is 2.27 bits per heavy atom. The summed E-state index contributed by atoms with van der Waals surface area (Å²) in [6.07, 6.45) is 8.69. The van der Waals surface area contributed by atoms with Gasteiger partial charge in [-0.15, -0.1) is 5.10 Å². The molecular formula is C11H18BrN3. The van der Waals surface area contributed by atoms with Gasteiger partial charge >= 0.3 is 0 Å². The zero-order valence-corrected chi connectivity index (χ0v) is 10.8. The zero-order chi connectivity index (χ0) is 10.7. The van der Waals surface area contributed by atoms with E-state index in [2.05, 4.69) is 44.0 Å². The van der Waals surface area contributed by atoms with Crippen LogP contribution in [0.25, 0.3) is 0 Å². The number of halogens is 1. The molecule has 15 heavy (non-hydrogen) atoms. The van der Waals surface area contributed by atoms with E-state index in [1.807, 2.05) is 0 Å². The van der Waals surface area contributed by atoms with Gasteiger partial charge in [0.1, 0.15) is 0 Å². The van der Waals surface area contributed by atoms with Crippen molar-refractivity contribution in [3.05, 3.63) is 11.9 Å². The van der Waals surface area contributed by atoms with Crippen LogP contribution < -0.4 is 0 Å². The van der Waals surface area contributed by atoms with E-state index in [1.165, 1.54) is 32.1 Å². The minimum atomic E-state index is 0.587. The Balaban J connectivity index is 2.12. The molecule has 0 saturated heterocycles. The number of nitrogens with zero attached hydrogens (tertiary/aromatic N) is 3. The summed E-state index contributed by atoms with van der Waals surface area (Å²) < 4.78 is 2.09. The van der Waals surface area contributed by atoms with E-state index in [1.54, 1.807) is 0 Å². The van der Waals surface area contributed by atoms with Crippen LogP contribution in [0.4, 0.5) is 0 Å². The van der Waals surface area contributed by atoms with Crippen LogP contribution >= 0.6 is 15.9 Å². The molecule has 2 unspecified atom stereocenters. The van der Waals surface area contributed by atoms with Crippen LogP contribution in [-0.2, 0) is 5.33 Å². The molecule has 1 aromatic heterocycles. The third-order valence-electron chi connectivity index (χ3n) is 3.43. The molecule has 0 aromatic carbocycles. The standard InChI is InChI=1S/C11H18BrN3/c1-2-9-5-3-4-6-11(9)15-8-10(7-12)13-14-15/h8-9,11H,2-7H2,1H3. The summed E-state index contributed by atoms with van der Waals surface area (Å²) in [7, 11) is 0. The van der Waals surface area contributed by atoms with Gasteiger partial charge in [-0.3, -0.25) is 0 Å². The smallest absolute Gasteiger partial charge is 0.0932 e. The summed E-state index contributed by atoms with van der Waals surface area (Å²) in [6, 6.07) is 0.587. The van der Waals surface area contributed by atoms with E-state index < -0.39 is 0 Å². The van der Waals surface area contributed by atoms with Crippen molar-refractivity contribution in [2.45, 2.75) is 50.4 Å². The third-order valence-corrected chi connectivity index (χ3v) is 4.00. The minimum absolute atomic E-state index is 0.587. The summed E-state index contributed by atoms with van der Waals surface area (Å²) in [5.41, 5.74) is 1.04. The largest absolute Gasteiger partial charge is 0.249 e. The van der Waals surface area contributed by atoms with Gasteiger partial charge in [-0.2, -0.15) is 0 Å². The summed E-state index contributed by atoms with van der Waals surface area (Å²) in [6.45, 7) is 2.28. The average Bonchev–Trinajstić information content (AvgIpc) is 2.77. The van der Waals surface area contributed by atoms with E-state index in [-0.39, 0.29) is 0 Å². The van der Waals surface area contributed by atoms with E-state index in [0.717, 1.165) is 16.9 Å². The second-order valence-electron chi connectivity index (χ2n) is 4.34. The number of aromatic nitrogens is 3. The van der Waals surface area contributed by atoms with Crippen molar-refractivity contribution >= 4 is 15.9 Å². The maximum Gasteiger partial charge on any atom is 0.0932 e. The topological polar surface area (TPSA) is 30.7 Å². The third kappa shape index (κ3) is 2.41. The Bertz CT molecular complexity index is 311. The maximum atomic E-state index is 4.25. The molecule has 1 aromatic rings. The Labute approximate surface area is 99.4 Å². The quantitative estimate of drug-likeness (QED) is 0.790. The van der Waals surface area contributed by atoms with Gasteiger partial charge in [-0.1, -0.05) is 47.3 Å². The molecule has 1 fully saturated rings. The Kier molecular flexibility index (Phi) is 3.78. The van der Waals surface area contributed by atoms with Gasteiger partial charge in [-0.25, -0.2) is 4.68 Å². The molecule has 2 atom stereocenters. The van der Waals surface area contributed by atoms with Gasteiger partial charge in [0.2, 0.25) is 0 Å². The van der Waals surface area contributed by atoms with Crippen LogP contribution in [0.2, 0.25) is 0 Å². The average molecular weight is 272 g/mol. The zero-order valence-electron chi connectivity index (χ0n) is 9.19. The highest BCUT2D eigenvalue weighted by molar-refractivity contribution is 9.08. The number of rotatable bonds is 3. The fraction of sp³-hybridized carbons (Fsp3) is 0.818. The number of hydrogen-bond acceptors (Lipinski definition) is 2. The van der Waals surface area contributed by atoms with Crippen LogP contribution in [0.3, 0.4) is 0 Å². The first-order valence-electron chi connectivity index (χ1n) is 5.81. The SMILES string of the molecule is CCC1CCCCC1n1cc(CBr)nn1. The molecule has 0 bridgehead atoms. The van der Waals surface area contributed by atoms with Crippen LogP contribution in [0.15, 0.2) is 6.20 Å². The van der Waals surface area contributed by atoms with Gasteiger partial charge in [-0.05, 0) is 18.8 Å². The Morgan fingerprint density at radius 1 is 1.47 bits per heavy atom. The monoisotopic (exact) mass is 271 g/mol. The van der Waals surface area contributed by atoms with Gasteiger partial charge < -0.3 is 0 Å². The molecule has 0 spiro atoms. The lowest BCUT2D eigenvalue weighted by molar-refractivity contribution is 0.214. The molecule has 1 saturated carbocycles. The Hall–Kier alpha value is -0.380. The van der Waals surface area contributed by atoms with Gasteiger partial charge in [0.05, 0.1) is 11.7 Å². The summed E-state index contributed by atoms with van der Waals surface area (Å²) >= 11 is 3.41. The van der Waals surface area contributed by atoms with Crippen LogP contribution in [0.5, 0.6) is 0 Å². The first kappa shape index (κ1) is 11.1. The van der Waals surface area contributed by atoms with Crippen LogP contribution in [0, 0.1) is 5.92 Å². The van der Waals surface area contributed by atoms with Crippen molar-refractivity contribution < 1.29 is 0 Å². The first-order valence-corrected chi connectivity index (χ1v) is 6.94. The van der Waals surface area contributed by atoms with Crippen LogP contribution in [-0.4, -0.2) is 15.0 Å². The molecule has 2 rings (SSSR count). The lowest BCUT2D eigenvalue weighted by atomic mass is 9.83. The molecule has 0 aliphatic heterocycles. The van der Waals surface area contributed by atoms with Crippen molar-refractivity contribution in [2.75, 3.05) is 0 Å². The fourth-order valence-electron chi connectivity index (χ4n) is 2.55. The highest BCUT2D eigenvalue weighted by Crippen LogP contribution is 2.35. The van der Waals surface area contributed by atoms with E-state index in [4.69, 9.17) is 0 Å². The van der Waals surface area contributed by atoms with Crippen molar-refractivity contribution in [1.82, 2.24) is 15.0 Å². The molecule has 0 radical (unpaired) electrons. The fourth-order valence-corrected chi connectivity index (χ4v) is 2.81. The summed E-state index contributed by atoms with van der Waals surface area (Å²) in [5.74, 6) is 0.795. The molecule has 0 N–H and O–H groups in total. The maximum absolute atomic E-state index is 4.25. The highest BCUT2D eigenvalue weighted by atomic mass is 79.9. The molecule has 1 aliphatic carbocycles. The minimum Gasteiger partial charge on any atom is -0.249 e. The summed E-state index contributed by atoms with van der Waals surface area (Å²) in [4.78, 5) is 0. The van der Waals surface area contributed by atoms with E-state index >= 15 is 0 Å². The van der Waals surface area contributed by atoms with Crippen molar-refractivity contribution in [3.8, 4) is 0 Å². The number of alkyl halides is 1. The lowest BCUT2D eigenvalue weighted by Gasteiger charge is -2.30. The Morgan fingerprint density at radius 3 is 2.93 bits per heavy atom. The second kappa shape index (κ2) is 5.10. The predicted octanol–water partition coefficient (Wildman–Crippen LogP) is 3.31. The predicted molar refractivity (Wildman–Crippen MR) is 63.9 cm³/mol. The molecule has 1 aliphatic rings. The number of hydrogen-bond donors (Lipinski definition) is 0. The normalized spacial score (nSPS) is 26.8. The molecule has 3 nitrogen and oxygen atoms in total. The summed E-state index contributed by atoms with van der Waals surface area (Å²) in [5, 5.41) is 9.19. The van der Waals surface area contributed by atoms with E-state index in [9.17, 15) is 0 Å². The molecule has 4 heteroatoms. The van der Waals surface area contributed by atoms with Gasteiger partial charge in [0, 0.05) is 11.5 Å². The van der Waals surface area contributed by atoms with Crippen LogP contribution in [0.1, 0.15) is 50.8 Å². The van der Waals surface area contributed by atoms with Gasteiger partial charge in [0.15, 0.2) is 0 Å². The van der Waals surface area contributed by atoms with Crippen molar-refractivity contribution in [3.63, 3.8) is 0 Å². The molecule has 84 valence electrons. The van der Waals surface area contributed by atoms with Crippen molar-refractivity contribution in [2.24, 2.45) is 5.92 Å². The highest BCUT2D eigenvalue weighted by Gasteiger charge is 2.25.